The second kappa shape index (κ2) is 8.99. The number of rotatable bonds is 9. The first-order chi connectivity index (χ1) is 14.8. The number of methoxy groups -OCH3 is 1. The molecule has 4 rings (SSSR count). The fraction of sp³-hybridized carbons (Fsp3) is 0.263. The maximum Gasteiger partial charge on any atom is 0.346 e. The molecule has 4 aromatic rings. The Morgan fingerprint density at radius 2 is 1.80 bits per heavy atom. The summed E-state index contributed by atoms with van der Waals surface area (Å²) in [6, 6.07) is 15.4. The van der Waals surface area contributed by atoms with Gasteiger partial charge in [-0.25, -0.2) is 4.68 Å². The minimum absolute atomic E-state index is 0.240. The highest BCUT2D eigenvalue weighted by Crippen LogP contribution is 2.32. The van der Waals surface area contributed by atoms with Gasteiger partial charge in [0.1, 0.15) is 0 Å². The molecule has 0 aliphatic carbocycles. The van der Waals surface area contributed by atoms with E-state index in [0.29, 0.717) is 24.0 Å². The highest BCUT2D eigenvalue weighted by molar-refractivity contribution is 5.45. The number of tetrazole rings is 2. The van der Waals surface area contributed by atoms with Crippen LogP contribution in [-0.4, -0.2) is 47.5 Å². The van der Waals surface area contributed by atoms with E-state index < -0.39 is 0 Å². The molecule has 0 amide bonds. The Balaban J connectivity index is 1.50. The van der Waals surface area contributed by atoms with Crippen molar-refractivity contribution in [2.75, 3.05) is 12.4 Å². The molecule has 0 fully saturated rings. The first kappa shape index (κ1) is 19.3. The SMILES string of the molecule is CCCn1nnnc1NCc1ccc(Oc2nnnn2-c2ccccc2)c(OC)c1. The lowest BCUT2D eigenvalue weighted by atomic mass is 10.2. The predicted octanol–water partition coefficient (Wildman–Crippen LogP) is 2.47. The zero-order chi connectivity index (χ0) is 20.8. The molecule has 0 radical (unpaired) electrons. The predicted molar refractivity (Wildman–Crippen MR) is 108 cm³/mol. The number of nitrogens with zero attached hydrogens (tertiary/aromatic N) is 8. The van der Waals surface area contributed by atoms with Crippen molar-refractivity contribution >= 4 is 5.95 Å². The number of para-hydroxylation sites is 1. The number of aromatic nitrogens is 8. The summed E-state index contributed by atoms with van der Waals surface area (Å²) in [6.45, 7) is 3.35. The van der Waals surface area contributed by atoms with Gasteiger partial charge in [0.05, 0.1) is 12.8 Å². The third kappa shape index (κ3) is 4.19. The van der Waals surface area contributed by atoms with Crippen molar-refractivity contribution in [1.29, 1.82) is 0 Å². The van der Waals surface area contributed by atoms with E-state index in [1.165, 1.54) is 4.68 Å². The molecule has 11 nitrogen and oxygen atoms in total. The summed E-state index contributed by atoms with van der Waals surface area (Å²) >= 11 is 0. The van der Waals surface area contributed by atoms with Gasteiger partial charge in [-0.3, -0.25) is 0 Å². The van der Waals surface area contributed by atoms with Gasteiger partial charge in [0.2, 0.25) is 5.95 Å². The molecule has 0 bridgehead atoms. The number of hydrogen-bond acceptors (Lipinski definition) is 9. The highest BCUT2D eigenvalue weighted by Gasteiger charge is 2.14. The zero-order valence-corrected chi connectivity index (χ0v) is 16.6. The van der Waals surface area contributed by atoms with Gasteiger partial charge in [0.25, 0.3) is 0 Å². The van der Waals surface area contributed by atoms with Gasteiger partial charge in [0.15, 0.2) is 11.5 Å². The molecule has 2 aromatic carbocycles. The molecule has 0 aliphatic rings. The molecule has 11 heteroatoms. The lowest BCUT2D eigenvalue weighted by molar-refractivity contribution is 0.363. The van der Waals surface area contributed by atoms with Crippen molar-refractivity contribution in [3.63, 3.8) is 0 Å². The Kier molecular flexibility index (Phi) is 5.78. The van der Waals surface area contributed by atoms with Crippen molar-refractivity contribution in [2.24, 2.45) is 0 Å². The Labute approximate surface area is 172 Å². The van der Waals surface area contributed by atoms with E-state index >= 15 is 0 Å². The van der Waals surface area contributed by atoms with E-state index in [-0.39, 0.29) is 6.01 Å². The van der Waals surface area contributed by atoms with Crippen LogP contribution in [0.1, 0.15) is 18.9 Å². The van der Waals surface area contributed by atoms with E-state index in [1.54, 1.807) is 11.8 Å². The van der Waals surface area contributed by atoms with Gasteiger partial charge >= 0.3 is 6.01 Å². The Morgan fingerprint density at radius 3 is 2.60 bits per heavy atom. The Bertz CT molecular complexity index is 1090. The summed E-state index contributed by atoms with van der Waals surface area (Å²) in [5, 5.41) is 26.6. The van der Waals surface area contributed by atoms with Gasteiger partial charge in [-0.15, -0.1) is 0 Å². The van der Waals surface area contributed by atoms with Crippen LogP contribution in [0.5, 0.6) is 17.5 Å². The molecule has 0 saturated carbocycles. The molecule has 0 spiro atoms. The average molecular weight is 407 g/mol. The van der Waals surface area contributed by atoms with E-state index in [4.69, 9.17) is 9.47 Å². The lowest BCUT2D eigenvalue weighted by Crippen LogP contribution is -2.09. The summed E-state index contributed by atoms with van der Waals surface area (Å²) in [5.74, 6) is 1.69. The van der Waals surface area contributed by atoms with Crippen LogP contribution in [-0.2, 0) is 13.1 Å². The monoisotopic (exact) mass is 407 g/mol. The first-order valence-electron chi connectivity index (χ1n) is 9.47. The molecule has 2 heterocycles. The Morgan fingerprint density at radius 1 is 0.967 bits per heavy atom. The number of nitrogens with one attached hydrogen (secondary N) is 1. The van der Waals surface area contributed by atoms with Crippen LogP contribution in [0.25, 0.3) is 5.69 Å². The molecule has 0 saturated heterocycles. The number of aryl methyl sites for hydroxylation is 1. The summed E-state index contributed by atoms with van der Waals surface area (Å²) in [5.41, 5.74) is 1.77. The second-order valence-electron chi connectivity index (χ2n) is 6.38. The van der Waals surface area contributed by atoms with E-state index in [2.05, 4.69) is 43.3 Å². The standard InChI is InChI=1S/C19H21N9O2/c1-3-11-27-18(21-23-25-27)20-13-14-9-10-16(17(12-14)29-2)30-19-22-24-26-28(19)15-7-5-4-6-8-15/h4-10,12H,3,11,13H2,1-2H3,(H,20,21,25). The first-order valence-corrected chi connectivity index (χ1v) is 9.47. The van der Waals surface area contributed by atoms with Crippen LogP contribution in [0.4, 0.5) is 5.95 Å². The molecule has 154 valence electrons. The lowest BCUT2D eigenvalue weighted by Gasteiger charge is -2.12. The van der Waals surface area contributed by atoms with Crippen LogP contribution >= 0.6 is 0 Å². The molecule has 0 aliphatic heterocycles. The molecule has 30 heavy (non-hydrogen) atoms. The van der Waals surface area contributed by atoms with Crippen molar-refractivity contribution in [2.45, 2.75) is 26.4 Å². The minimum Gasteiger partial charge on any atom is -0.493 e. The summed E-state index contributed by atoms with van der Waals surface area (Å²) in [7, 11) is 1.58. The molecule has 0 atom stereocenters. The topological polar surface area (TPSA) is 118 Å². The van der Waals surface area contributed by atoms with Crippen molar-refractivity contribution in [1.82, 2.24) is 40.4 Å². The number of ether oxygens (including phenoxy) is 2. The van der Waals surface area contributed by atoms with Crippen LogP contribution in [0, 0.1) is 0 Å². The normalized spacial score (nSPS) is 10.7. The molecular weight excluding hydrogens is 386 g/mol. The summed E-state index contributed by atoms with van der Waals surface area (Å²) in [4.78, 5) is 0. The number of benzene rings is 2. The smallest absolute Gasteiger partial charge is 0.346 e. The summed E-state index contributed by atoms with van der Waals surface area (Å²) < 4.78 is 14.7. The maximum absolute atomic E-state index is 5.93. The third-order valence-electron chi connectivity index (χ3n) is 4.29. The van der Waals surface area contributed by atoms with Crippen molar-refractivity contribution in [3.8, 4) is 23.2 Å². The molecule has 1 N–H and O–H groups in total. The van der Waals surface area contributed by atoms with Crippen LogP contribution in [0.3, 0.4) is 0 Å². The van der Waals surface area contributed by atoms with Gasteiger partial charge in [-0.2, -0.15) is 4.68 Å². The van der Waals surface area contributed by atoms with E-state index in [0.717, 1.165) is 24.2 Å². The second-order valence-corrected chi connectivity index (χ2v) is 6.38. The van der Waals surface area contributed by atoms with Gasteiger partial charge in [-0.1, -0.05) is 41.4 Å². The van der Waals surface area contributed by atoms with Gasteiger partial charge in [0, 0.05) is 13.1 Å². The molecule has 0 unspecified atom stereocenters. The fourth-order valence-corrected chi connectivity index (χ4v) is 2.85. The van der Waals surface area contributed by atoms with E-state index in [1.807, 2.05) is 48.5 Å². The van der Waals surface area contributed by atoms with E-state index in [9.17, 15) is 0 Å². The van der Waals surface area contributed by atoms with Crippen LogP contribution in [0.15, 0.2) is 48.5 Å². The average Bonchev–Trinajstić information content (AvgIpc) is 3.43. The molecule has 2 aromatic heterocycles. The van der Waals surface area contributed by atoms with Crippen molar-refractivity contribution in [3.05, 3.63) is 54.1 Å². The zero-order valence-electron chi connectivity index (χ0n) is 16.6. The van der Waals surface area contributed by atoms with Crippen LogP contribution in [0.2, 0.25) is 0 Å². The van der Waals surface area contributed by atoms with Gasteiger partial charge in [-0.05, 0) is 57.1 Å². The minimum atomic E-state index is 0.240. The fourth-order valence-electron chi connectivity index (χ4n) is 2.85. The largest absolute Gasteiger partial charge is 0.493 e. The van der Waals surface area contributed by atoms with Gasteiger partial charge < -0.3 is 14.8 Å². The third-order valence-corrected chi connectivity index (χ3v) is 4.29. The quantitative estimate of drug-likeness (QED) is 0.446. The molecular formula is C19H21N9O2. The number of hydrogen-bond donors (Lipinski definition) is 1. The summed E-state index contributed by atoms with van der Waals surface area (Å²) in [6.07, 6.45) is 0.946. The maximum atomic E-state index is 5.93. The number of anilines is 1. The van der Waals surface area contributed by atoms with Crippen LogP contribution < -0.4 is 14.8 Å². The highest BCUT2D eigenvalue weighted by atomic mass is 16.5. The van der Waals surface area contributed by atoms with Crippen molar-refractivity contribution < 1.29 is 9.47 Å². The Hall–Kier alpha value is -4.02.